The molecule has 138 valence electrons. The fraction of sp³-hybridized carbons (Fsp3) is 0.556. The summed E-state index contributed by atoms with van der Waals surface area (Å²) < 4.78 is 0. The number of aryl methyl sites for hydroxylation is 1. The van der Waals surface area contributed by atoms with Crippen LogP contribution in [0, 0.1) is 6.92 Å². The zero-order valence-electron chi connectivity index (χ0n) is 14.8. The summed E-state index contributed by atoms with van der Waals surface area (Å²) in [6.45, 7) is 4.47. The summed E-state index contributed by atoms with van der Waals surface area (Å²) in [5.74, 6) is -0.525. The third-order valence-electron chi connectivity index (χ3n) is 4.64. The summed E-state index contributed by atoms with van der Waals surface area (Å²) >= 11 is 0. The molecule has 1 aromatic carbocycles. The minimum absolute atomic E-state index is 0.198. The first-order valence-corrected chi connectivity index (χ1v) is 8.81. The minimum atomic E-state index is -0.525. The maximum Gasteiger partial charge on any atom is 0.319 e. The molecule has 3 amide bonds. The van der Waals surface area contributed by atoms with Gasteiger partial charge in [-0.3, -0.25) is 9.69 Å². The van der Waals surface area contributed by atoms with Gasteiger partial charge in [-0.15, -0.1) is 0 Å². The van der Waals surface area contributed by atoms with Gasteiger partial charge in [0.25, 0.3) is 0 Å². The van der Waals surface area contributed by atoms with Crippen molar-refractivity contribution in [3.8, 4) is 0 Å². The van der Waals surface area contributed by atoms with Crippen molar-refractivity contribution in [2.24, 2.45) is 5.73 Å². The molecular weight excluding hydrogens is 320 g/mol. The molecule has 0 unspecified atom stereocenters. The van der Waals surface area contributed by atoms with Gasteiger partial charge in [0, 0.05) is 30.4 Å². The number of likely N-dealkylation sites (tertiary alicyclic amines) is 1. The van der Waals surface area contributed by atoms with Gasteiger partial charge in [-0.2, -0.15) is 0 Å². The molecule has 7 heteroatoms. The van der Waals surface area contributed by atoms with Gasteiger partial charge in [0.2, 0.25) is 5.91 Å². The summed E-state index contributed by atoms with van der Waals surface area (Å²) in [7, 11) is 0. The number of hydrogen-bond acceptors (Lipinski definition) is 4. The number of nitrogens with two attached hydrogens (primary N) is 1. The van der Waals surface area contributed by atoms with Crippen LogP contribution in [0.2, 0.25) is 0 Å². The highest BCUT2D eigenvalue weighted by Crippen LogP contribution is 2.17. The van der Waals surface area contributed by atoms with Crippen LogP contribution >= 0.6 is 0 Å². The first-order valence-electron chi connectivity index (χ1n) is 8.81. The van der Waals surface area contributed by atoms with Crippen molar-refractivity contribution in [1.82, 2.24) is 10.2 Å². The Kier molecular flexibility index (Phi) is 7.21. The van der Waals surface area contributed by atoms with Gasteiger partial charge in [-0.1, -0.05) is 12.5 Å². The number of nitrogens with zero attached hydrogens (tertiary/aromatic N) is 1. The standard InChI is InChI=1S/C18H28N4O3/c1-13-6-7-14(17(19)24)11-16(13)21-18(25)20-8-4-10-22-9-3-2-5-15(22)12-23/h6-7,11,15,23H,2-5,8-10,12H2,1H3,(H2,19,24)(H2,20,21,25)/t15-/m1/s1. The molecule has 25 heavy (non-hydrogen) atoms. The van der Waals surface area contributed by atoms with Gasteiger partial charge in [0.1, 0.15) is 0 Å². The largest absolute Gasteiger partial charge is 0.395 e. The van der Waals surface area contributed by atoms with Gasteiger partial charge in [-0.05, 0) is 50.4 Å². The van der Waals surface area contributed by atoms with E-state index in [1.165, 1.54) is 12.8 Å². The van der Waals surface area contributed by atoms with Gasteiger partial charge in [0.15, 0.2) is 0 Å². The number of benzene rings is 1. The Hall–Kier alpha value is -2.12. The molecule has 1 atom stereocenters. The van der Waals surface area contributed by atoms with Crippen molar-refractivity contribution in [1.29, 1.82) is 0 Å². The summed E-state index contributed by atoms with van der Waals surface area (Å²) in [4.78, 5) is 25.6. The molecule has 1 heterocycles. The van der Waals surface area contributed by atoms with E-state index in [4.69, 9.17) is 5.73 Å². The number of aliphatic hydroxyl groups is 1. The van der Waals surface area contributed by atoms with E-state index in [0.29, 0.717) is 17.8 Å². The van der Waals surface area contributed by atoms with E-state index < -0.39 is 5.91 Å². The number of nitrogens with one attached hydrogen (secondary N) is 2. The highest BCUT2D eigenvalue weighted by molar-refractivity contribution is 5.96. The van der Waals surface area contributed by atoms with E-state index in [2.05, 4.69) is 15.5 Å². The zero-order valence-corrected chi connectivity index (χ0v) is 14.8. The van der Waals surface area contributed by atoms with Crippen molar-refractivity contribution >= 4 is 17.6 Å². The van der Waals surface area contributed by atoms with Crippen molar-refractivity contribution in [2.45, 2.75) is 38.6 Å². The third kappa shape index (κ3) is 5.72. The van der Waals surface area contributed by atoms with E-state index in [1.54, 1.807) is 18.2 Å². The average Bonchev–Trinajstić information content (AvgIpc) is 2.60. The lowest BCUT2D eigenvalue weighted by Gasteiger charge is -2.34. The quantitative estimate of drug-likeness (QED) is 0.559. The Bertz CT molecular complexity index is 606. The minimum Gasteiger partial charge on any atom is -0.395 e. The second-order valence-corrected chi connectivity index (χ2v) is 6.50. The van der Waals surface area contributed by atoms with Crippen LogP contribution < -0.4 is 16.4 Å². The number of carbonyl (C=O) groups is 2. The summed E-state index contributed by atoms with van der Waals surface area (Å²) in [5, 5.41) is 15.0. The van der Waals surface area contributed by atoms with Crippen LogP contribution in [0.15, 0.2) is 18.2 Å². The topological polar surface area (TPSA) is 108 Å². The molecule has 1 aromatic rings. The highest BCUT2D eigenvalue weighted by atomic mass is 16.3. The average molecular weight is 348 g/mol. The molecule has 0 bridgehead atoms. The van der Waals surface area contributed by atoms with Gasteiger partial charge < -0.3 is 21.5 Å². The lowest BCUT2D eigenvalue weighted by Crippen LogP contribution is -2.43. The fourth-order valence-corrected chi connectivity index (χ4v) is 3.12. The van der Waals surface area contributed by atoms with E-state index in [-0.39, 0.29) is 18.7 Å². The number of carbonyl (C=O) groups excluding carboxylic acids is 2. The Morgan fingerprint density at radius 1 is 1.36 bits per heavy atom. The van der Waals surface area contributed by atoms with Gasteiger partial charge in [-0.25, -0.2) is 4.79 Å². The maximum absolute atomic E-state index is 12.0. The van der Waals surface area contributed by atoms with Crippen LogP contribution in [-0.4, -0.2) is 54.2 Å². The number of urea groups is 1. The Labute approximate surface area is 148 Å². The Morgan fingerprint density at radius 2 is 2.16 bits per heavy atom. The van der Waals surface area contributed by atoms with Crippen LogP contribution in [-0.2, 0) is 0 Å². The second kappa shape index (κ2) is 9.39. The van der Waals surface area contributed by atoms with Crippen LogP contribution in [0.1, 0.15) is 41.6 Å². The number of piperidine rings is 1. The first kappa shape index (κ1) is 19.2. The molecule has 0 saturated carbocycles. The fourth-order valence-electron chi connectivity index (χ4n) is 3.12. The van der Waals surface area contributed by atoms with Gasteiger partial charge in [0.05, 0.1) is 6.61 Å². The molecule has 0 radical (unpaired) electrons. The molecular formula is C18H28N4O3. The van der Waals surface area contributed by atoms with Crippen molar-refractivity contribution < 1.29 is 14.7 Å². The lowest BCUT2D eigenvalue weighted by molar-refractivity contribution is 0.0894. The number of amides is 3. The summed E-state index contributed by atoms with van der Waals surface area (Å²) in [5.41, 5.74) is 7.06. The van der Waals surface area contributed by atoms with Crippen molar-refractivity contribution in [2.75, 3.05) is 31.6 Å². The lowest BCUT2D eigenvalue weighted by atomic mass is 10.0. The molecule has 1 aliphatic rings. The monoisotopic (exact) mass is 348 g/mol. The third-order valence-corrected chi connectivity index (χ3v) is 4.64. The first-order chi connectivity index (χ1) is 12.0. The van der Waals surface area contributed by atoms with Crippen LogP contribution in [0.5, 0.6) is 0 Å². The maximum atomic E-state index is 12.0. The number of anilines is 1. The van der Waals surface area contributed by atoms with E-state index >= 15 is 0 Å². The van der Waals surface area contributed by atoms with Crippen molar-refractivity contribution in [3.63, 3.8) is 0 Å². The molecule has 2 rings (SSSR count). The predicted molar refractivity (Wildman–Crippen MR) is 97.6 cm³/mol. The Balaban J connectivity index is 1.75. The molecule has 5 N–H and O–H groups in total. The van der Waals surface area contributed by atoms with Crippen LogP contribution in [0.4, 0.5) is 10.5 Å². The van der Waals surface area contributed by atoms with E-state index in [1.807, 2.05) is 6.92 Å². The van der Waals surface area contributed by atoms with E-state index in [9.17, 15) is 14.7 Å². The van der Waals surface area contributed by atoms with Gasteiger partial charge >= 0.3 is 6.03 Å². The molecule has 0 aliphatic carbocycles. The number of aliphatic hydroxyl groups excluding tert-OH is 1. The number of rotatable bonds is 7. The number of primary amides is 1. The highest BCUT2D eigenvalue weighted by Gasteiger charge is 2.20. The summed E-state index contributed by atoms with van der Waals surface area (Å²) in [6, 6.07) is 4.92. The predicted octanol–water partition coefficient (Wildman–Crippen LogP) is 1.45. The molecule has 0 aromatic heterocycles. The molecule has 1 fully saturated rings. The molecule has 7 nitrogen and oxygen atoms in total. The SMILES string of the molecule is Cc1ccc(C(N)=O)cc1NC(=O)NCCCN1CCCC[C@@H]1CO. The normalized spacial score (nSPS) is 17.9. The van der Waals surface area contributed by atoms with Crippen molar-refractivity contribution in [3.05, 3.63) is 29.3 Å². The van der Waals surface area contributed by atoms with Crippen LogP contribution in [0.3, 0.4) is 0 Å². The molecule has 0 spiro atoms. The second-order valence-electron chi connectivity index (χ2n) is 6.50. The smallest absolute Gasteiger partial charge is 0.319 e. The molecule has 1 saturated heterocycles. The van der Waals surface area contributed by atoms with Crippen LogP contribution in [0.25, 0.3) is 0 Å². The number of hydrogen-bond donors (Lipinski definition) is 4. The summed E-state index contributed by atoms with van der Waals surface area (Å²) in [6.07, 6.45) is 4.20. The zero-order chi connectivity index (χ0) is 18.2. The Morgan fingerprint density at radius 3 is 2.88 bits per heavy atom. The van der Waals surface area contributed by atoms with E-state index in [0.717, 1.165) is 31.5 Å². The molecule has 1 aliphatic heterocycles.